The number of hydrogen-bond acceptors (Lipinski definition) is 6. The van der Waals surface area contributed by atoms with Crippen molar-refractivity contribution in [3.63, 3.8) is 0 Å². The number of carbonyl (C=O) groups excluding carboxylic acids is 1. The zero-order valence-corrected chi connectivity index (χ0v) is 22.6. The number of nitriles is 1. The van der Waals surface area contributed by atoms with Crippen LogP contribution in [0.1, 0.15) is 70.2 Å². The number of pyridine rings is 1. The summed E-state index contributed by atoms with van der Waals surface area (Å²) in [6.07, 6.45) is 4.52. The maximum atomic E-state index is 13.1. The van der Waals surface area contributed by atoms with Crippen LogP contribution in [0.5, 0.6) is 0 Å². The lowest BCUT2D eigenvalue weighted by molar-refractivity contribution is 0.0950. The van der Waals surface area contributed by atoms with E-state index in [4.69, 9.17) is 0 Å². The molecule has 1 amide bonds. The Bertz CT molecular complexity index is 1110. The number of hydrogen-bond donors (Lipinski definition) is 2. The van der Waals surface area contributed by atoms with E-state index in [9.17, 15) is 14.9 Å². The first-order valence-corrected chi connectivity index (χ1v) is 12.4. The lowest BCUT2D eigenvalue weighted by Crippen LogP contribution is -2.42. The molecular weight excluding hydrogens is 470 g/mol. The molecule has 1 fully saturated rings. The second-order valence-corrected chi connectivity index (χ2v) is 10.2. The van der Waals surface area contributed by atoms with Crippen molar-refractivity contribution in [3.05, 3.63) is 49.2 Å². The summed E-state index contributed by atoms with van der Waals surface area (Å²) >= 11 is 1.40. The summed E-state index contributed by atoms with van der Waals surface area (Å²) in [5.74, 6) is -0.307. The minimum atomic E-state index is -0.307. The monoisotopic (exact) mass is 505 g/mol. The first kappa shape index (κ1) is 27.9. The van der Waals surface area contributed by atoms with Gasteiger partial charge in [0.05, 0.1) is 10.6 Å². The van der Waals surface area contributed by atoms with Gasteiger partial charge in [0.15, 0.2) is 0 Å². The van der Waals surface area contributed by atoms with E-state index >= 15 is 0 Å². The van der Waals surface area contributed by atoms with Crippen LogP contribution in [-0.4, -0.2) is 48.5 Å². The van der Waals surface area contributed by atoms with E-state index in [0.717, 1.165) is 54.0 Å². The van der Waals surface area contributed by atoms with Gasteiger partial charge in [-0.05, 0) is 84.7 Å². The fourth-order valence-corrected chi connectivity index (χ4v) is 6.18. The van der Waals surface area contributed by atoms with E-state index < -0.39 is 0 Å². The number of aromatic amines is 1. The molecule has 0 bridgehead atoms. The van der Waals surface area contributed by atoms with Crippen molar-refractivity contribution >= 4 is 34.7 Å². The van der Waals surface area contributed by atoms with Crippen molar-refractivity contribution in [2.75, 3.05) is 25.5 Å². The third kappa shape index (κ3) is 5.83. The summed E-state index contributed by atoms with van der Waals surface area (Å²) in [4.78, 5) is 33.3. The van der Waals surface area contributed by atoms with E-state index in [-0.39, 0.29) is 30.4 Å². The highest BCUT2D eigenvalue weighted by Crippen LogP contribution is 2.39. The molecule has 0 spiro atoms. The van der Waals surface area contributed by atoms with E-state index in [1.54, 1.807) is 0 Å². The van der Waals surface area contributed by atoms with Crippen LogP contribution < -0.4 is 15.8 Å². The molecule has 2 aromatic heterocycles. The van der Waals surface area contributed by atoms with Gasteiger partial charge in [0.2, 0.25) is 0 Å². The van der Waals surface area contributed by atoms with Gasteiger partial charge in [-0.3, -0.25) is 9.59 Å². The molecule has 1 saturated carbocycles. The van der Waals surface area contributed by atoms with Crippen LogP contribution in [-0.2, 0) is 6.54 Å². The third-order valence-corrected chi connectivity index (χ3v) is 8.04. The molecule has 0 radical (unpaired) electrons. The summed E-state index contributed by atoms with van der Waals surface area (Å²) in [7, 11) is 4.28. The Labute approximate surface area is 212 Å². The lowest BCUT2D eigenvalue weighted by Gasteiger charge is -2.39. The molecule has 0 saturated heterocycles. The topological polar surface area (TPSA) is 92.2 Å². The van der Waals surface area contributed by atoms with Gasteiger partial charge < -0.3 is 20.1 Å². The second-order valence-electron chi connectivity index (χ2n) is 9.19. The summed E-state index contributed by atoms with van der Waals surface area (Å²) in [5, 5.41) is 13.7. The summed E-state index contributed by atoms with van der Waals surface area (Å²) in [6, 6.07) is 5.15. The number of nitrogens with zero attached hydrogens (tertiary/aromatic N) is 3. The Balaban J connectivity index is 0.00000408. The molecule has 0 unspecified atom stereocenters. The molecular formula is C25H36ClN5O2S. The van der Waals surface area contributed by atoms with Crippen molar-refractivity contribution in [3.8, 4) is 6.07 Å². The number of aryl methyl sites for hydroxylation is 2. The van der Waals surface area contributed by atoms with Crippen LogP contribution in [0.3, 0.4) is 0 Å². The quantitative estimate of drug-likeness (QED) is 0.585. The average Bonchev–Trinajstić information content (AvgIpc) is 3.10. The molecule has 0 aromatic carbocycles. The highest BCUT2D eigenvalue weighted by atomic mass is 35.5. The number of rotatable bonds is 7. The summed E-state index contributed by atoms with van der Waals surface area (Å²) in [5.41, 5.74) is 3.25. The molecule has 1 aliphatic rings. The molecule has 0 aliphatic heterocycles. The fraction of sp³-hybridized carbons (Fsp3) is 0.560. The Morgan fingerprint density at radius 2 is 1.82 bits per heavy atom. The zero-order chi connectivity index (χ0) is 24.3. The van der Waals surface area contributed by atoms with Crippen molar-refractivity contribution in [1.82, 2.24) is 15.2 Å². The number of halogens is 1. The van der Waals surface area contributed by atoms with Gasteiger partial charge in [-0.25, -0.2) is 0 Å². The van der Waals surface area contributed by atoms with Crippen LogP contribution in [0.4, 0.5) is 5.00 Å². The average molecular weight is 506 g/mol. The zero-order valence-electron chi connectivity index (χ0n) is 20.9. The molecule has 2 heterocycles. The number of thiophene rings is 1. The minimum absolute atomic E-state index is 0. The third-order valence-electron chi connectivity index (χ3n) is 6.81. The molecule has 7 nitrogen and oxygen atoms in total. The number of H-pyrrole nitrogens is 1. The Morgan fingerprint density at radius 3 is 2.35 bits per heavy atom. The van der Waals surface area contributed by atoms with Gasteiger partial charge in [-0.15, -0.1) is 23.7 Å². The molecule has 2 aromatic rings. The fourth-order valence-electron chi connectivity index (χ4n) is 4.94. The van der Waals surface area contributed by atoms with Crippen molar-refractivity contribution in [1.29, 1.82) is 5.26 Å². The molecule has 186 valence electrons. The molecule has 34 heavy (non-hydrogen) atoms. The van der Waals surface area contributed by atoms with Gasteiger partial charge in [0.25, 0.3) is 11.5 Å². The summed E-state index contributed by atoms with van der Waals surface area (Å²) in [6.45, 7) is 8.72. The molecule has 2 N–H and O–H groups in total. The smallest absolute Gasteiger partial charge is 0.254 e. The molecule has 9 heteroatoms. The van der Waals surface area contributed by atoms with Crippen molar-refractivity contribution < 1.29 is 4.79 Å². The SMILES string of the molecule is CCN(c1sc(C#N)c(C(=O)NCc2c(C)cc(C)[nH]c2=O)c1C)C1CCC(N(C)C)CC1.Cl. The van der Waals surface area contributed by atoms with Gasteiger partial charge in [-0.1, -0.05) is 0 Å². The van der Waals surface area contributed by atoms with Crippen LogP contribution in [0.25, 0.3) is 0 Å². The van der Waals surface area contributed by atoms with E-state index in [1.165, 1.54) is 11.3 Å². The highest BCUT2D eigenvalue weighted by molar-refractivity contribution is 7.17. The van der Waals surface area contributed by atoms with Gasteiger partial charge >= 0.3 is 0 Å². The number of amides is 1. The molecule has 1 aliphatic carbocycles. The van der Waals surface area contributed by atoms with Crippen LogP contribution in [0, 0.1) is 32.1 Å². The predicted molar refractivity (Wildman–Crippen MR) is 141 cm³/mol. The maximum Gasteiger partial charge on any atom is 0.254 e. The Morgan fingerprint density at radius 1 is 1.21 bits per heavy atom. The van der Waals surface area contributed by atoms with Crippen LogP contribution in [0.15, 0.2) is 10.9 Å². The van der Waals surface area contributed by atoms with Crippen molar-refractivity contribution in [2.45, 2.75) is 72.0 Å². The van der Waals surface area contributed by atoms with E-state index in [2.05, 4.69) is 47.2 Å². The number of aromatic nitrogens is 1. The lowest BCUT2D eigenvalue weighted by atomic mass is 9.89. The van der Waals surface area contributed by atoms with Gasteiger partial charge in [0.1, 0.15) is 10.9 Å². The van der Waals surface area contributed by atoms with Crippen LogP contribution in [0.2, 0.25) is 0 Å². The number of carbonyl (C=O) groups is 1. The predicted octanol–water partition coefficient (Wildman–Crippen LogP) is 4.28. The van der Waals surface area contributed by atoms with Gasteiger partial charge in [-0.2, -0.15) is 5.26 Å². The highest BCUT2D eigenvalue weighted by Gasteiger charge is 2.30. The second kappa shape index (κ2) is 11.9. The van der Waals surface area contributed by atoms with E-state index in [0.29, 0.717) is 28.1 Å². The Kier molecular flexibility index (Phi) is 9.74. The molecule has 3 rings (SSSR count). The first-order chi connectivity index (χ1) is 15.7. The van der Waals surface area contributed by atoms with Gasteiger partial charge in [0, 0.05) is 36.4 Å². The van der Waals surface area contributed by atoms with E-state index in [1.807, 2.05) is 26.8 Å². The maximum absolute atomic E-state index is 13.1. The largest absolute Gasteiger partial charge is 0.360 e. The molecule has 0 atom stereocenters. The minimum Gasteiger partial charge on any atom is -0.360 e. The van der Waals surface area contributed by atoms with Crippen molar-refractivity contribution in [2.24, 2.45) is 0 Å². The Hall–Kier alpha value is -2.34. The van der Waals surface area contributed by atoms with Crippen LogP contribution >= 0.6 is 23.7 Å². The summed E-state index contributed by atoms with van der Waals surface area (Å²) < 4.78 is 0. The number of nitrogens with one attached hydrogen (secondary N) is 2. The first-order valence-electron chi connectivity index (χ1n) is 11.6. The normalized spacial score (nSPS) is 17.7. The number of anilines is 1. The standard InChI is InChI=1S/C25H35N5O2S.ClH/c1-7-30(19-10-8-18(9-11-19)29(5)6)25-17(4)22(21(13-26)33-25)24(32)27-14-20-15(2)12-16(3)28-23(20)31;/h12,18-19H,7-11,14H2,1-6H3,(H,27,32)(H,28,31);1H.